The van der Waals surface area contributed by atoms with E-state index in [0.29, 0.717) is 18.8 Å². The van der Waals surface area contributed by atoms with E-state index in [2.05, 4.69) is 60.8 Å². The Morgan fingerprint density at radius 3 is 2.38 bits per heavy atom. The first kappa shape index (κ1) is 28.0. The van der Waals surface area contributed by atoms with Gasteiger partial charge in [-0.3, -0.25) is 4.68 Å². The zero-order valence-corrected chi connectivity index (χ0v) is 23.8. The molecule has 5 N–H and O–H groups in total. The van der Waals surface area contributed by atoms with Gasteiger partial charge in [0, 0.05) is 42.5 Å². The van der Waals surface area contributed by atoms with E-state index < -0.39 is 6.10 Å². The zero-order valence-electron chi connectivity index (χ0n) is 23.8. The number of aromatic nitrogens is 2. The number of benzene rings is 3. The summed E-state index contributed by atoms with van der Waals surface area (Å²) in [5.74, 6) is 0.441. The molecule has 2 atom stereocenters. The fourth-order valence-electron chi connectivity index (χ4n) is 5.13. The third-order valence-corrected chi connectivity index (χ3v) is 7.89. The van der Waals surface area contributed by atoms with Crippen LogP contribution in [0.1, 0.15) is 50.3 Å². The molecule has 0 unspecified atom stereocenters. The maximum atomic E-state index is 13.3. The molecule has 1 aliphatic rings. The maximum absolute atomic E-state index is 13.3. The van der Waals surface area contributed by atoms with Crippen LogP contribution in [0, 0.1) is 5.82 Å². The van der Waals surface area contributed by atoms with Gasteiger partial charge < -0.3 is 21.5 Å². The number of aliphatic hydroxyl groups is 1. The molecule has 0 saturated heterocycles. The van der Waals surface area contributed by atoms with Crippen LogP contribution < -0.4 is 16.4 Å². The average molecular weight is 542 g/mol. The van der Waals surface area contributed by atoms with E-state index in [9.17, 15) is 9.50 Å². The molecule has 0 amide bonds. The predicted octanol–water partition coefficient (Wildman–Crippen LogP) is 5.78. The maximum Gasteiger partial charge on any atom is 0.153 e. The lowest BCUT2D eigenvalue weighted by molar-refractivity contribution is 0.136. The second kappa shape index (κ2) is 11.2. The van der Waals surface area contributed by atoms with Crippen molar-refractivity contribution in [3.63, 3.8) is 0 Å². The molecule has 0 spiro atoms. The number of anilines is 2. The van der Waals surface area contributed by atoms with Gasteiger partial charge in [-0.05, 0) is 77.8 Å². The van der Waals surface area contributed by atoms with Crippen LogP contribution in [0.2, 0.25) is 0 Å². The molecule has 5 rings (SSSR count). The average Bonchev–Trinajstić information content (AvgIpc) is 3.64. The molecule has 1 heterocycles. The number of hydrogen-bond donors (Lipinski definition) is 4. The third kappa shape index (κ3) is 6.44. The number of rotatable bonds is 10. The first-order valence-corrected chi connectivity index (χ1v) is 14.0. The first-order chi connectivity index (χ1) is 19.0. The van der Waals surface area contributed by atoms with Gasteiger partial charge in [-0.2, -0.15) is 5.10 Å². The summed E-state index contributed by atoms with van der Waals surface area (Å²) in [4.78, 5) is 0. The van der Waals surface area contributed by atoms with Crippen molar-refractivity contribution in [1.82, 2.24) is 15.1 Å². The number of nitrogens with two attached hydrogens (primary N) is 1. The molecule has 0 bridgehead atoms. The molecule has 7 heteroatoms. The molecular formula is C33H40FN5O. The number of aryl methyl sites for hydroxylation is 1. The standard InChI is InChI=1S/C33H40FN5O/c1-32(2,3)24-6-5-7-25(19-24)33(16-17-33)36-21-30(40)28(35)18-22-8-14-27(15-9-22)37-31-20-29(39(4)38-31)23-10-12-26(34)13-11-23/h5-15,19-20,28,30,36,40H,16-18,21,35H2,1-4H3,(H,37,38)/t28-,30+/m0/s1. The molecule has 1 saturated carbocycles. The molecule has 1 aromatic heterocycles. The number of nitrogens with zero attached hydrogens (tertiary/aromatic N) is 2. The highest BCUT2D eigenvalue weighted by molar-refractivity contribution is 5.66. The van der Waals surface area contributed by atoms with Crippen LogP contribution in [0.15, 0.2) is 78.9 Å². The summed E-state index contributed by atoms with van der Waals surface area (Å²) in [5, 5.41) is 22.3. The Balaban J connectivity index is 1.15. The minimum atomic E-state index is -0.653. The van der Waals surface area contributed by atoms with E-state index in [1.807, 2.05) is 37.4 Å². The molecule has 3 aromatic carbocycles. The number of hydrogen-bond acceptors (Lipinski definition) is 5. The number of nitrogens with one attached hydrogen (secondary N) is 2. The molecule has 1 aliphatic carbocycles. The molecule has 6 nitrogen and oxygen atoms in total. The Bertz CT molecular complexity index is 1440. The van der Waals surface area contributed by atoms with Crippen molar-refractivity contribution in [2.75, 3.05) is 11.9 Å². The van der Waals surface area contributed by atoms with Crippen molar-refractivity contribution in [2.24, 2.45) is 12.8 Å². The van der Waals surface area contributed by atoms with Crippen LogP contribution in [0.3, 0.4) is 0 Å². The van der Waals surface area contributed by atoms with Crippen molar-refractivity contribution in [1.29, 1.82) is 0 Å². The first-order valence-electron chi connectivity index (χ1n) is 14.0. The highest BCUT2D eigenvalue weighted by Gasteiger charge is 2.44. The molecular weight excluding hydrogens is 501 g/mol. The Morgan fingerprint density at radius 2 is 1.73 bits per heavy atom. The topological polar surface area (TPSA) is 88.1 Å². The molecule has 210 valence electrons. The normalized spacial score (nSPS) is 16.0. The summed E-state index contributed by atoms with van der Waals surface area (Å²) in [6, 6.07) is 24.8. The van der Waals surface area contributed by atoms with Gasteiger partial charge in [0.05, 0.1) is 11.8 Å². The van der Waals surface area contributed by atoms with E-state index in [-0.39, 0.29) is 22.8 Å². The van der Waals surface area contributed by atoms with Crippen molar-refractivity contribution in [3.05, 3.63) is 101 Å². The Morgan fingerprint density at radius 1 is 1.02 bits per heavy atom. The summed E-state index contributed by atoms with van der Waals surface area (Å²) in [6.07, 6.45) is 2.06. The molecule has 0 radical (unpaired) electrons. The van der Waals surface area contributed by atoms with Crippen LogP contribution in [0.25, 0.3) is 11.3 Å². The Kier molecular flexibility index (Phi) is 7.82. The van der Waals surface area contributed by atoms with Gasteiger partial charge in [-0.1, -0.05) is 57.2 Å². The summed E-state index contributed by atoms with van der Waals surface area (Å²) < 4.78 is 15.1. The zero-order chi connectivity index (χ0) is 28.5. The van der Waals surface area contributed by atoms with Crippen molar-refractivity contribution in [3.8, 4) is 11.3 Å². The van der Waals surface area contributed by atoms with E-state index >= 15 is 0 Å². The number of aliphatic hydroxyl groups excluding tert-OH is 1. The fourth-order valence-corrected chi connectivity index (χ4v) is 5.13. The van der Waals surface area contributed by atoms with Crippen molar-refractivity contribution < 1.29 is 9.50 Å². The lowest BCUT2D eigenvalue weighted by atomic mass is 9.85. The molecule has 40 heavy (non-hydrogen) atoms. The largest absolute Gasteiger partial charge is 0.390 e. The minimum Gasteiger partial charge on any atom is -0.390 e. The smallest absolute Gasteiger partial charge is 0.153 e. The minimum absolute atomic E-state index is 0.0582. The van der Waals surface area contributed by atoms with E-state index in [0.717, 1.165) is 35.3 Å². The quantitative estimate of drug-likeness (QED) is 0.205. The highest BCUT2D eigenvalue weighted by atomic mass is 19.1. The van der Waals surface area contributed by atoms with E-state index in [4.69, 9.17) is 5.73 Å². The summed E-state index contributed by atoms with van der Waals surface area (Å²) >= 11 is 0. The predicted molar refractivity (Wildman–Crippen MR) is 160 cm³/mol. The van der Waals surface area contributed by atoms with Crippen LogP contribution in [-0.4, -0.2) is 33.6 Å². The van der Waals surface area contributed by atoms with Crippen LogP contribution >= 0.6 is 0 Å². The van der Waals surface area contributed by atoms with Crippen LogP contribution in [-0.2, 0) is 24.4 Å². The summed E-state index contributed by atoms with van der Waals surface area (Å²) in [5.41, 5.74) is 12.8. The van der Waals surface area contributed by atoms with Gasteiger partial charge in [0.2, 0.25) is 0 Å². The van der Waals surface area contributed by atoms with Crippen LogP contribution in [0.5, 0.6) is 0 Å². The van der Waals surface area contributed by atoms with Gasteiger partial charge >= 0.3 is 0 Å². The van der Waals surface area contributed by atoms with Gasteiger partial charge in [0.1, 0.15) is 5.82 Å². The summed E-state index contributed by atoms with van der Waals surface area (Å²) in [6.45, 7) is 7.15. The SMILES string of the molecule is Cn1nc(Nc2ccc(C[C@H](N)[C@H](O)CNC3(c4cccc(C(C)(C)C)c4)CC3)cc2)cc1-c1ccc(F)cc1. The third-order valence-electron chi connectivity index (χ3n) is 7.89. The van der Waals surface area contributed by atoms with E-state index in [1.54, 1.807) is 16.8 Å². The summed E-state index contributed by atoms with van der Waals surface area (Å²) in [7, 11) is 1.86. The molecule has 1 fully saturated rings. The Labute approximate surface area is 236 Å². The van der Waals surface area contributed by atoms with Crippen LogP contribution in [0.4, 0.5) is 15.9 Å². The highest BCUT2D eigenvalue weighted by Crippen LogP contribution is 2.46. The lowest BCUT2D eigenvalue weighted by Gasteiger charge is -2.26. The van der Waals surface area contributed by atoms with Gasteiger partial charge in [-0.15, -0.1) is 0 Å². The number of halogens is 1. The second-order valence-corrected chi connectivity index (χ2v) is 12.1. The second-order valence-electron chi connectivity index (χ2n) is 12.1. The fraction of sp³-hybridized carbons (Fsp3) is 0.364. The Hall–Kier alpha value is -3.52. The van der Waals surface area contributed by atoms with Gasteiger partial charge in [0.15, 0.2) is 5.82 Å². The van der Waals surface area contributed by atoms with Crippen molar-refractivity contribution >= 4 is 11.5 Å². The van der Waals surface area contributed by atoms with E-state index in [1.165, 1.54) is 23.3 Å². The van der Waals surface area contributed by atoms with Crippen molar-refractivity contribution in [2.45, 2.75) is 63.1 Å². The van der Waals surface area contributed by atoms with Gasteiger partial charge in [0.25, 0.3) is 0 Å². The monoisotopic (exact) mass is 541 g/mol. The lowest BCUT2D eigenvalue weighted by Crippen LogP contribution is -2.45. The van der Waals surface area contributed by atoms with Gasteiger partial charge in [-0.25, -0.2) is 4.39 Å². The molecule has 4 aromatic rings. The molecule has 0 aliphatic heterocycles.